The number of urea groups is 1. The molecule has 1 rings (SSSR count). The standard InChI is InChI=1S/C7H14N2O.C2H6/c1-3-8-5-6-9(4-2)7(8)10;1-2/h3-6H2,1-2H3;1-2H3. The summed E-state index contributed by atoms with van der Waals surface area (Å²) in [6, 6.07) is 0.199. The van der Waals surface area contributed by atoms with Crippen LogP contribution in [0.1, 0.15) is 27.7 Å². The fourth-order valence-corrected chi connectivity index (χ4v) is 1.22. The van der Waals surface area contributed by atoms with Crippen LogP contribution < -0.4 is 0 Å². The molecule has 1 fully saturated rings. The van der Waals surface area contributed by atoms with Gasteiger partial charge in [-0.05, 0) is 13.8 Å². The lowest BCUT2D eigenvalue weighted by molar-refractivity contribution is 0.195. The van der Waals surface area contributed by atoms with Crippen molar-refractivity contribution in [2.24, 2.45) is 0 Å². The van der Waals surface area contributed by atoms with E-state index in [1.54, 1.807) is 0 Å². The summed E-state index contributed by atoms with van der Waals surface area (Å²) in [7, 11) is 0. The highest BCUT2D eigenvalue weighted by atomic mass is 16.2. The van der Waals surface area contributed by atoms with Gasteiger partial charge in [0.15, 0.2) is 0 Å². The van der Waals surface area contributed by atoms with E-state index < -0.39 is 0 Å². The zero-order valence-electron chi connectivity index (χ0n) is 8.63. The van der Waals surface area contributed by atoms with Crippen molar-refractivity contribution in [2.45, 2.75) is 27.7 Å². The second-order valence-corrected chi connectivity index (χ2v) is 2.44. The van der Waals surface area contributed by atoms with Crippen LogP contribution in [-0.2, 0) is 0 Å². The summed E-state index contributed by atoms with van der Waals surface area (Å²) in [5.74, 6) is 0. The summed E-state index contributed by atoms with van der Waals surface area (Å²) in [5, 5.41) is 0. The van der Waals surface area contributed by atoms with Crippen molar-refractivity contribution in [3.8, 4) is 0 Å². The average Bonchev–Trinajstić information content (AvgIpc) is 2.49. The minimum atomic E-state index is 0.199. The van der Waals surface area contributed by atoms with Crippen LogP contribution in [0.3, 0.4) is 0 Å². The molecular formula is C9H20N2O. The number of nitrogens with zero attached hydrogens (tertiary/aromatic N) is 2. The van der Waals surface area contributed by atoms with Gasteiger partial charge in [-0.25, -0.2) is 4.79 Å². The van der Waals surface area contributed by atoms with Gasteiger partial charge < -0.3 is 9.80 Å². The maximum absolute atomic E-state index is 11.2. The van der Waals surface area contributed by atoms with E-state index in [0.717, 1.165) is 26.2 Å². The number of amides is 2. The van der Waals surface area contributed by atoms with Crippen molar-refractivity contribution in [1.29, 1.82) is 0 Å². The molecule has 0 aromatic carbocycles. The summed E-state index contributed by atoms with van der Waals surface area (Å²) < 4.78 is 0. The van der Waals surface area contributed by atoms with Gasteiger partial charge >= 0.3 is 6.03 Å². The molecule has 0 saturated carbocycles. The minimum absolute atomic E-state index is 0.199. The molecule has 72 valence electrons. The second-order valence-electron chi connectivity index (χ2n) is 2.44. The Morgan fingerprint density at radius 3 is 1.58 bits per heavy atom. The molecule has 3 heteroatoms. The van der Waals surface area contributed by atoms with Crippen molar-refractivity contribution in [3.05, 3.63) is 0 Å². The third-order valence-electron chi connectivity index (χ3n) is 1.94. The molecular weight excluding hydrogens is 152 g/mol. The molecule has 0 aliphatic carbocycles. The molecule has 1 aliphatic rings. The number of rotatable bonds is 2. The predicted molar refractivity (Wildman–Crippen MR) is 51.2 cm³/mol. The van der Waals surface area contributed by atoms with Crippen LogP contribution in [0.5, 0.6) is 0 Å². The highest BCUT2D eigenvalue weighted by molar-refractivity contribution is 5.76. The summed E-state index contributed by atoms with van der Waals surface area (Å²) in [4.78, 5) is 14.9. The van der Waals surface area contributed by atoms with E-state index in [9.17, 15) is 4.79 Å². The van der Waals surface area contributed by atoms with Crippen LogP contribution in [0, 0.1) is 0 Å². The Bertz CT molecular complexity index is 122. The zero-order valence-corrected chi connectivity index (χ0v) is 8.63. The van der Waals surface area contributed by atoms with Gasteiger partial charge in [0, 0.05) is 26.2 Å². The average molecular weight is 172 g/mol. The fourth-order valence-electron chi connectivity index (χ4n) is 1.22. The van der Waals surface area contributed by atoms with Crippen molar-refractivity contribution >= 4 is 6.03 Å². The molecule has 0 bridgehead atoms. The second kappa shape index (κ2) is 5.86. The van der Waals surface area contributed by atoms with Crippen LogP contribution in [0.15, 0.2) is 0 Å². The Morgan fingerprint density at radius 2 is 1.42 bits per heavy atom. The summed E-state index contributed by atoms with van der Waals surface area (Å²) in [5.41, 5.74) is 0. The van der Waals surface area contributed by atoms with E-state index in [2.05, 4.69) is 0 Å². The normalized spacial score (nSPS) is 16.2. The van der Waals surface area contributed by atoms with Gasteiger partial charge in [-0.3, -0.25) is 0 Å². The number of likely N-dealkylation sites (N-methyl/N-ethyl adjacent to an activating group) is 2. The van der Waals surface area contributed by atoms with E-state index in [1.807, 2.05) is 37.5 Å². The third-order valence-corrected chi connectivity index (χ3v) is 1.94. The van der Waals surface area contributed by atoms with Crippen molar-refractivity contribution in [3.63, 3.8) is 0 Å². The summed E-state index contributed by atoms with van der Waals surface area (Å²) in [6.07, 6.45) is 0. The van der Waals surface area contributed by atoms with Gasteiger partial charge in [-0.15, -0.1) is 0 Å². The SMILES string of the molecule is CC.CCN1CCN(CC)C1=O. The predicted octanol–water partition coefficient (Wildman–Crippen LogP) is 1.79. The highest BCUT2D eigenvalue weighted by Gasteiger charge is 2.24. The molecule has 0 atom stereocenters. The maximum Gasteiger partial charge on any atom is 0.320 e. The first-order chi connectivity index (χ1) is 5.79. The molecule has 0 aromatic heterocycles. The topological polar surface area (TPSA) is 23.6 Å². The van der Waals surface area contributed by atoms with Crippen LogP contribution in [0.2, 0.25) is 0 Å². The smallest absolute Gasteiger partial charge is 0.320 e. The zero-order chi connectivity index (χ0) is 9.56. The van der Waals surface area contributed by atoms with E-state index in [-0.39, 0.29) is 6.03 Å². The van der Waals surface area contributed by atoms with Crippen LogP contribution in [0.25, 0.3) is 0 Å². The maximum atomic E-state index is 11.2. The van der Waals surface area contributed by atoms with Crippen LogP contribution in [0.4, 0.5) is 4.79 Å². The van der Waals surface area contributed by atoms with E-state index in [0.29, 0.717) is 0 Å². The lowest BCUT2D eigenvalue weighted by Crippen LogP contribution is -2.31. The van der Waals surface area contributed by atoms with Crippen molar-refractivity contribution < 1.29 is 4.79 Å². The quantitative estimate of drug-likeness (QED) is 0.623. The Labute approximate surface area is 75.3 Å². The van der Waals surface area contributed by atoms with Crippen LogP contribution >= 0.6 is 0 Å². The van der Waals surface area contributed by atoms with Gasteiger partial charge in [0.05, 0.1) is 0 Å². The molecule has 1 saturated heterocycles. The number of carbonyl (C=O) groups is 1. The molecule has 0 unspecified atom stereocenters. The van der Waals surface area contributed by atoms with Gasteiger partial charge in [0.25, 0.3) is 0 Å². The van der Waals surface area contributed by atoms with Gasteiger partial charge in [0.2, 0.25) is 0 Å². The monoisotopic (exact) mass is 172 g/mol. The van der Waals surface area contributed by atoms with Crippen molar-refractivity contribution in [1.82, 2.24) is 9.80 Å². The van der Waals surface area contributed by atoms with E-state index >= 15 is 0 Å². The largest absolute Gasteiger partial charge is 0.323 e. The molecule has 3 nitrogen and oxygen atoms in total. The first-order valence-electron chi connectivity index (χ1n) is 4.83. The lowest BCUT2D eigenvalue weighted by Gasteiger charge is -2.14. The fraction of sp³-hybridized carbons (Fsp3) is 0.889. The minimum Gasteiger partial charge on any atom is -0.323 e. The number of carbonyl (C=O) groups excluding carboxylic acids is 1. The van der Waals surface area contributed by atoms with Gasteiger partial charge in [-0.2, -0.15) is 0 Å². The summed E-state index contributed by atoms with van der Waals surface area (Å²) >= 11 is 0. The van der Waals surface area contributed by atoms with E-state index in [4.69, 9.17) is 0 Å². The molecule has 0 N–H and O–H groups in total. The molecule has 0 aromatic rings. The lowest BCUT2D eigenvalue weighted by atomic mass is 10.6. The molecule has 2 amide bonds. The van der Waals surface area contributed by atoms with Crippen molar-refractivity contribution in [2.75, 3.05) is 26.2 Å². The first-order valence-corrected chi connectivity index (χ1v) is 4.83. The van der Waals surface area contributed by atoms with E-state index in [1.165, 1.54) is 0 Å². The Balaban J connectivity index is 0.000000561. The molecule has 1 heterocycles. The number of hydrogen-bond donors (Lipinski definition) is 0. The Hall–Kier alpha value is -0.730. The third kappa shape index (κ3) is 2.40. The van der Waals surface area contributed by atoms with Crippen LogP contribution in [-0.4, -0.2) is 42.0 Å². The highest BCUT2D eigenvalue weighted by Crippen LogP contribution is 2.06. The Morgan fingerprint density at radius 1 is 1.08 bits per heavy atom. The molecule has 0 radical (unpaired) electrons. The molecule has 0 spiro atoms. The number of hydrogen-bond acceptors (Lipinski definition) is 1. The summed E-state index contributed by atoms with van der Waals surface area (Å²) in [6.45, 7) is 11.5. The van der Waals surface area contributed by atoms with Gasteiger partial charge in [0.1, 0.15) is 0 Å². The van der Waals surface area contributed by atoms with Gasteiger partial charge in [-0.1, -0.05) is 13.8 Å². The molecule has 1 aliphatic heterocycles. The molecule has 12 heavy (non-hydrogen) atoms. The first kappa shape index (κ1) is 11.3. The Kier molecular flexibility index (Phi) is 5.51.